The van der Waals surface area contributed by atoms with Crippen molar-refractivity contribution in [2.75, 3.05) is 17.1 Å². The van der Waals surface area contributed by atoms with E-state index in [-0.39, 0.29) is 28.6 Å². The van der Waals surface area contributed by atoms with Crippen molar-refractivity contribution in [1.29, 1.82) is 0 Å². The van der Waals surface area contributed by atoms with Crippen LogP contribution in [0.25, 0.3) is 11.0 Å². The van der Waals surface area contributed by atoms with Crippen molar-refractivity contribution in [3.8, 4) is 5.75 Å². The van der Waals surface area contributed by atoms with Gasteiger partial charge in [0.25, 0.3) is 15.9 Å². The summed E-state index contributed by atoms with van der Waals surface area (Å²) in [4.78, 5) is 25.7. The third-order valence-electron chi connectivity index (χ3n) is 5.81. The molecule has 0 spiro atoms. The number of methoxy groups -OCH3 is 1. The van der Waals surface area contributed by atoms with Crippen LogP contribution in [0.5, 0.6) is 5.75 Å². The number of benzene rings is 3. The largest absolute Gasteiger partial charge is 0.497 e. The monoisotopic (exact) mass is 574 g/mol. The number of sulfonamides is 1. The van der Waals surface area contributed by atoms with Crippen molar-refractivity contribution in [3.63, 3.8) is 0 Å². The van der Waals surface area contributed by atoms with Gasteiger partial charge in [-0.2, -0.15) is 0 Å². The molecular formula is C28H23ClN6O4S. The maximum absolute atomic E-state index is 13.5. The molecule has 5 rings (SSSR count). The quantitative estimate of drug-likeness (QED) is 0.220. The van der Waals surface area contributed by atoms with E-state index in [2.05, 4.69) is 30.3 Å². The number of carbonyl (C=O) groups excluding carboxylic acids is 1. The van der Waals surface area contributed by atoms with E-state index in [1.807, 2.05) is 6.07 Å². The number of rotatable bonds is 9. The molecule has 3 N–H and O–H groups in total. The molecule has 3 aromatic carbocycles. The highest BCUT2D eigenvalue weighted by molar-refractivity contribution is 7.92. The van der Waals surface area contributed by atoms with Crippen LogP contribution in [0.3, 0.4) is 0 Å². The van der Waals surface area contributed by atoms with Crippen molar-refractivity contribution >= 4 is 55.9 Å². The molecule has 0 radical (unpaired) electrons. The smallest absolute Gasteiger partial charge is 0.263 e. The number of hydrogen-bond donors (Lipinski definition) is 3. The number of aromatic nitrogens is 3. The predicted octanol–water partition coefficient (Wildman–Crippen LogP) is 5.16. The van der Waals surface area contributed by atoms with Gasteiger partial charge >= 0.3 is 0 Å². The molecule has 0 fully saturated rings. The summed E-state index contributed by atoms with van der Waals surface area (Å²) in [6.07, 6.45) is 3.28. The minimum Gasteiger partial charge on any atom is -0.497 e. The van der Waals surface area contributed by atoms with E-state index in [0.717, 1.165) is 5.56 Å². The highest BCUT2D eigenvalue weighted by Crippen LogP contribution is 2.32. The number of nitrogens with zero attached hydrogens (tertiary/aromatic N) is 3. The first-order chi connectivity index (χ1) is 19.3. The first kappa shape index (κ1) is 26.9. The molecule has 0 aliphatic carbocycles. The minimum absolute atomic E-state index is 0.0518. The Morgan fingerprint density at radius 1 is 0.925 bits per heavy atom. The lowest BCUT2D eigenvalue weighted by Gasteiger charge is -2.15. The zero-order valence-electron chi connectivity index (χ0n) is 21.1. The van der Waals surface area contributed by atoms with Crippen LogP contribution >= 0.6 is 11.6 Å². The van der Waals surface area contributed by atoms with E-state index in [9.17, 15) is 13.2 Å². The Morgan fingerprint density at radius 2 is 1.70 bits per heavy atom. The molecule has 40 heavy (non-hydrogen) atoms. The Kier molecular flexibility index (Phi) is 7.76. The highest BCUT2D eigenvalue weighted by atomic mass is 35.5. The summed E-state index contributed by atoms with van der Waals surface area (Å²) in [5.41, 5.74) is 2.45. The molecule has 2 heterocycles. The van der Waals surface area contributed by atoms with E-state index < -0.39 is 15.9 Å². The summed E-state index contributed by atoms with van der Waals surface area (Å²) in [5, 5.41) is 6.20. The topological polar surface area (TPSA) is 135 Å². The van der Waals surface area contributed by atoms with Gasteiger partial charge in [-0.1, -0.05) is 35.9 Å². The summed E-state index contributed by atoms with van der Waals surface area (Å²) in [5.74, 6) is 0.189. The second-order valence-corrected chi connectivity index (χ2v) is 10.6. The maximum Gasteiger partial charge on any atom is 0.263 e. The van der Waals surface area contributed by atoms with E-state index in [4.69, 9.17) is 16.3 Å². The van der Waals surface area contributed by atoms with Crippen LogP contribution < -0.4 is 20.1 Å². The number of nitrogens with one attached hydrogen (secondary N) is 3. The van der Waals surface area contributed by atoms with Gasteiger partial charge in [-0.25, -0.2) is 18.4 Å². The van der Waals surface area contributed by atoms with Gasteiger partial charge in [0.05, 0.1) is 33.7 Å². The number of anilines is 3. The molecule has 0 saturated heterocycles. The van der Waals surface area contributed by atoms with E-state index >= 15 is 0 Å². The summed E-state index contributed by atoms with van der Waals surface area (Å²) in [7, 11) is -2.66. The second-order valence-electron chi connectivity index (χ2n) is 8.56. The average Bonchev–Trinajstić information content (AvgIpc) is 2.97. The van der Waals surface area contributed by atoms with Crippen LogP contribution in [0.1, 0.15) is 15.9 Å². The standard InChI is InChI=1S/C28H23ClN6O4S/c1-39-20-11-12-22(29)25(15-20)34-26-27(33-24-10-3-2-9-23(24)32-26)35-40(37,38)21-8-4-7-19(14-21)28(36)31-17-18-6-5-13-30-16-18/h2-16H,17H2,1H3,(H,31,36)(H,32,34)(H,33,35). The molecule has 1 amide bonds. The summed E-state index contributed by atoms with van der Waals surface area (Å²) in [6.45, 7) is 0.246. The van der Waals surface area contributed by atoms with Crippen LogP contribution in [-0.4, -0.2) is 36.4 Å². The van der Waals surface area contributed by atoms with Crippen molar-refractivity contribution in [3.05, 3.63) is 107 Å². The lowest BCUT2D eigenvalue weighted by Crippen LogP contribution is -2.23. The van der Waals surface area contributed by atoms with Gasteiger partial charge in [-0.15, -0.1) is 0 Å². The van der Waals surface area contributed by atoms with Crippen molar-refractivity contribution < 1.29 is 17.9 Å². The molecule has 0 aliphatic rings. The minimum atomic E-state index is -4.18. The van der Waals surface area contributed by atoms with Crippen molar-refractivity contribution in [2.24, 2.45) is 0 Å². The molecule has 5 aromatic rings. The summed E-state index contributed by atoms with van der Waals surface area (Å²) in [6, 6.07) is 21.3. The number of fused-ring (bicyclic) bond motifs is 1. The maximum atomic E-state index is 13.5. The first-order valence-electron chi connectivity index (χ1n) is 12.0. The first-order valence-corrected chi connectivity index (χ1v) is 13.9. The van der Waals surface area contributed by atoms with Crippen LogP contribution in [0.4, 0.5) is 17.3 Å². The predicted molar refractivity (Wildman–Crippen MR) is 153 cm³/mol. The van der Waals surface area contributed by atoms with Gasteiger partial charge in [0.15, 0.2) is 11.6 Å². The average molecular weight is 575 g/mol. The van der Waals surface area contributed by atoms with Crippen LogP contribution in [0.15, 0.2) is 96.2 Å². The van der Waals surface area contributed by atoms with Gasteiger partial charge < -0.3 is 15.4 Å². The number of carbonyl (C=O) groups is 1. The normalized spacial score (nSPS) is 11.2. The van der Waals surface area contributed by atoms with E-state index in [1.165, 1.54) is 31.4 Å². The van der Waals surface area contributed by atoms with Gasteiger partial charge in [0.2, 0.25) is 0 Å². The number of para-hydroxylation sites is 2. The second kappa shape index (κ2) is 11.6. The Bertz CT molecular complexity index is 1800. The zero-order valence-corrected chi connectivity index (χ0v) is 22.7. The molecule has 0 saturated carbocycles. The number of pyridine rings is 1. The summed E-state index contributed by atoms with van der Waals surface area (Å²) >= 11 is 6.37. The van der Waals surface area contributed by atoms with Crippen LogP contribution in [0.2, 0.25) is 5.02 Å². The van der Waals surface area contributed by atoms with Crippen molar-refractivity contribution in [1.82, 2.24) is 20.3 Å². The lowest BCUT2D eigenvalue weighted by atomic mass is 10.2. The fourth-order valence-corrected chi connectivity index (χ4v) is 5.01. The van der Waals surface area contributed by atoms with Gasteiger partial charge in [0, 0.05) is 30.6 Å². The Morgan fingerprint density at radius 3 is 2.42 bits per heavy atom. The molecule has 0 aliphatic heterocycles. The molecule has 0 unspecified atom stereocenters. The lowest BCUT2D eigenvalue weighted by molar-refractivity contribution is 0.0950. The number of amides is 1. The van der Waals surface area contributed by atoms with Gasteiger partial charge in [-0.05, 0) is 54.1 Å². The van der Waals surface area contributed by atoms with E-state index in [1.54, 1.807) is 60.9 Å². The third-order valence-corrected chi connectivity index (χ3v) is 7.48. The third kappa shape index (κ3) is 6.11. The fraction of sp³-hybridized carbons (Fsp3) is 0.0714. The van der Waals surface area contributed by atoms with Crippen LogP contribution in [-0.2, 0) is 16.6 Å². The molecule has 12 heteroatoms. The molecule has 0 bridgehead atoms. The SMILES string of the molecule is COc1ccc(Cl)c(Nc2nc3ccccc3nc2NS(=O)(=O)c2cccc(C(=O)NCc3cccnc3)c2)c1. The van der Waals surface area contributed by atoms with Gasteiger partial charge in [-0.3, -0.25) is 14.5 Å². The van der Waals surface area contributed by atoms with Gasteiger partial charge in [0.1, 0.15) is 5.75 Å². The van der Waals surface area contributed by atoms with Crippen molar-refractivity contribution in [2.45, 2.75) is 11.4 Å². The number of halogens is 1. The Labute approximate surface area is 235 Å². The molecule has 202 valence electrons. The fourth-order valence-electron chi connectivity index (χ4n) is 3.79. The summed E-state index contributed by atoms with van der Waals surface area (Å²) < 4.78 is 34.7. The molecular weight excluding hydrogens is 552 g/mol. The van der Waals surface area contributed by atoms with E-state index in [0.29, 0.717) is 27.5 Å². The molecule has 0 atom stereocenters. The zero-order chi connectivity index (χ0) is 28.1. The molecule has 2 aromatic heterocycles. The van der Waals surface area contributed by atoms with Crippen LogP contribution in [0, 0.1) is 0 Å². The Balaban J connectivity index is 1.45. The Hall–Kier alpha value is -4.74. The number of hydrogen-bond acceptors (Lipinski definition) is 8. The number of ether oxygens (including phenoxy) is 1. The molecule has 10 nitrogen and oxygen atoms in total. The highest BCUT2D eigenvalue weighted by Gasteiger charge is 2.21.